The molecule has 4 heteroatoms. The molecule has 108 valence electrons. The molecule has 2 aromatic rings. The first-order valence-corrected chi connectivity index (χ1v) is 7.25. The molecule has 21 heavy (non-hydrogen) atoms. The highest BCUT2D eigenvalue weighted by Crippen LogP contribution is 2.36. The standard InChI is InChI=1S/C17H16BrNO2/c1-3-9-21-17-15(18)10-13(11-16(17)20-2)12-19-14-7-5-4-6-8-14/h1,4-8,10-11,19H,9,12H2,2H3. The summed E-state index contributed by atoms with van der Waals surface area (Å²) in [6.45, 7) is 0.894. The van der Waals surface area contributed by atoms with Crippen LogP contribution >= 0.6 is 15.9 Å². The third-order valence-electron chi connectivity index (χ3n) is 2.86. The van der Waals surface area contributed by atoms with Gasteiger partial charge in [-0.15, -0.1) is 6.42 Å². The second kappa shape index (κ2) is 7.61. The fourth-order valence-corrected chi connectivity index (χ4v) is 2.49. The monoisotopic (exact) mass is 345 g/mol. The minimum atomic E-state index is 0.205. The van der Waals surface area contributed by atoms with Crippen molar-refractivity contribution in [2.45, 2.75) is 6.54 Å². The van der Waals surface area contributed by atoms with Crippen molar-refractivity contribution in [1.29, 1.82) is 0 Å². The molecule has 3 nitrogen and oxygen atoms in total. The van der Waals surface area contributed by atoms with Crippen LogP contribution in [0.15, 0.2) is 46.9 Å². The van der Waals surface area contributed by atoms with Crippen molar-refractivity contribution in [3.05, 3.63) is 52.5 Å². The average molecular weight is 346 g/mol. The smallest absolute Gasteiger partial charge is 0.176 e. The predicted octanol–water partition coefficient (Wildman–Crippen LogP) is 4.08. The summed E-state index contributed by atoms with van der Waals surface area (Å²) < 4.78 is 11.7. The van der Waals surface area contributed by atoms with Crippen molar-refractivity contribution < 1.29 is 9.47 Å². The van der Waals surface area contributed by atoms with E-state index in [-0.39, 0.29) is 6.61 Å². The molecule has 0 unspecified atom stereocenters. The van der Waals surface area contributed by atoms with Crippen LogP contribution < -0.4 is 14.8 Å². The van der Waals surface area contributed by atoms with E-state index in [9.17, 15) is 0 Å². The van der Waals surface area contributed by atoms with Gasteiger partial charge in [0.15, 0.2) is 11.5 Å². The van der Waals surface area contributed by atoms with Gasteiger partial charge in [0.2, 0.25) is 0 Å². The van der Waals surface area contributed by atoms with E-state index < -0.39 is 0 Å². The Morgan fingerprint density at radius 1 is 1.24 bits per heavy atom. The Morgan fingerprint density at radius 2 is 2.00 bits per heavy atom. The van der Waals surface area contributed by atoms with Gasteiger partial charge in [-0.1, -0.05) is 24.1 Å². The van der Waals surface area contributed by atoms with Gasteiger partial charge in [-0.05, 0) is 45.8 Å². The lowest BCUT2D eigenvalue weighted by Crippen LogP contribution is -2.02. The summed E-state index contributed by atoms with van der Waals surface area (Å²) >= 11 is 3.49. The highest BCUT2D eigenvalue weighted by atomic mass is 79.9. The van der Waals surface area contributed by atoms with Crippen LogP contribution in [0.4, 0.5) is 5.69 Å². The van der Waals surface area contributed by atoms with Crippen molar-refractivity contribution in [2.24, 2.45) is 0 Å². The van der Waals surface area contributed by atoms with Crippen molar-refractivity contribution in [2.75, 3.05) is 19.0 Å². The Morgan fingerprint density at radius 3 is 2.67 bits per heavy atom. The highest BCUT2D eigenvalue weighted by molar-refractivity contribution is 9.10. The van der Waals surface area contributed by atoms with Crippen LogP contribution in [-0.4, -0.2) is 13.7 Å². The molecular weight excluding hydrogens is 330 g/mol. The SMILES string of the molecule is C#CCOc1c(Br)cc(CNc2ccccc2)cc1OC. The maximum absolute atomic E-state index is 5.50. The molecule has 1 N–H and O–H groups in total. The quantitative estimate of drug-likeness (QED) is 0.800. The van der Waals surface area contributed by atoms with Gasteiger partial charge in [0.1, 0.15) is 6.61 Å². The summed E-state index contributed by atoms with van der Waals surface area (Å²) in [5.41, 5.74) is 2.15. The summed E-state index contributed by atoms with van der Waals surface area (Å²) in [6, 6.07) is 14.0. The number of ether oxygens (including phenoxy) is 2. The van der Waals surface area contributed by atoms with Crippen LogP contribution in [0.5, 0.6) is 11.5 Å². The van der Waals surface area contributed by atoms with Crippen LogP contribution in [0, 0.1) is 12.3 Å². The largest absolute Gasteiger partial charge is 0.493 e. The Hall–Kier alpha value is -2.12. The van der Waals surface area contributed by atoms with Gasteiger partial charge in [-0.2, -0.15) is 0 Å². The second-order valence-electron chi connectivity index (χ2n) is 4.32. The first-order valence-electron chi connectivity index (χ1n) is 6.46. The van der Waals surface area contributed by atoms with Crippen LogP contribution in [0.25, 0.3) is 0 Å². The molecular formula is C17H16BrNO2. The number of methoxy groups -OCH3 is 1. The average Bonchev–Trinajstić information content (AvgIpc) is 2.52. The molecule has 0 atom stereocenters. The molecule has 0 aromatic heterocycles. The summed E-state index contributed by atoms with van der Waals surface area (Å²) in [5, 5.41) is 3.35. The Balaban J connectivity index is 2.14. The van der Waals surface area contributed by atoms with Crippen molar-refractivity contribution in [3.8, 4) is 23.8 Å². The summed E-state index contributed by atoms with van der Waals surface area (Å²) in [5.74, 6) is 3.73. The first-order chi connectivity index (χ1) is 10.2. The molecule has 0 aliphatic rings. The number of terminal acetylenes is 1. The van der Waals surface area contributed by atoms with Crippen LogP contribution in [0.2, 0.25) is 0 Å². The zero-order valence-corrected chi connectivity index (χ0v) is 13.3. The molecule has 0 fully saturated rings. The van der Waals surface area contributed by atoms with E-state index in [0.29, 0.717) is 18.0 Å². The molecule has 0 spiro atoms. The summed E-state index contributed by atoms with van der Waals surface area (Å²) in [7, 11) is 1.61. The summed E-state index contributed by atoms with van der Waals surface area (Å²) in [6.07, 6.45) is 5.22. The maximum Gasteiger partial charge on any atom is 0.176 e. The molecule has 0 amide bonds. The molecule has 2 rings (SSSR count). The van der Waals surface area contributed by atoms with Gasteiger partial charge >= 0.3 is 0 Å². The van der Waals surface area contributed by atoms with E-state index in [4.69, 9.17) is 15.9 Å². The molecule has 0 aliphatic carbocycles. The number of hydrogen-bond acceptors (Lipinski definition) is 3. The summed E-state index contributed by atoms with van der Waals surface area (Å²) in [4.78, 5) is 0. The second-order valence-corrected chi connectivity index (χ2v) is 5.18. The van der Waals surface area contributed by atoms with E-state index in [0.717, 1.165) is 15.7 Å². The van der Waals surface area contributed by atoms with E-state index >= 15 is 0 Å². The molecule has 0 aliphatic heterocycles. The molecule has 2 aromatic carbocycles. The normalized spacial score (nSPS) is 9.76. The number of hydrogen-bond donors (Lipinski definition) is 1. The number of nitrogens with one attached hydrogen (secondary N) is 1. The number of halogens is 1. The lowest BCUT2D eigenvalue weighted by Gasteiger charge is -2.14. The van der Waals surface area contributed by atoms with Gasteiger partial charge < -0.3 is 14.8 Å². The van der Waals surface area contributed by atoms with E-state index in [2.05, 4.69) is 27.2 Å². The Labute approximate surface area is 133 Å². The number of benzene rings is 2. The molecule has 0 bridgehead atoms. The third-order valence-corrected chi connectivity index (χ3v) is 3.45. The van der Waals surface area contributed by atoms with Crippen LogP contribution in [0.3, 0.4) is 0 Å². The van der Waals surface area contributed by atoms with Gasteiger partial charge in [0.25, 0.3) is 0 Å². The molecule has 0 radical (unpaired) electrons. The van der Waals surface area contributed by atoms with Gasteiger partial charge in [0, 0.05) is 12.2 Å². The first kappa shape index (κ1) is 15.3. The van der Waals surface area contributed by atoms with Gasteiger partial charge in [-0.3, -0.25) is 0 Å². The van der Waals surface area contributed by atoms with E-state index in [1.165, 1.54) is 0 Å². The number of rotatable bonds is 6. The van der Waals surface area contributed by atoms with Gasteiger partial charge in [0.05, 0.1) is 11.6 Å². The van der Waals surface area contributed by atoms with Crippen molar-refractivity contribution in [1.82, 2.24) is 0 Å². The Bertz CT molecular complexity index is 635. The van der Waals surface area contributed by atoms with Gasteiger partial charge in [-0.25, -0.2) is 0 Å². The lowest BCUT2D eigenvalue weighted by atomic mass is 10.2. The lowest BCUT2D eigenvalue weighted by molar-refractivity contribution is 0.328. The highest BCUT2D eigenvalue weighted by Gasteiger charge is 2.11. The number of para-hydroxylation sites is 1. The predicted molar refractivity (Wildman–Crippen MR) is 88.8 cm³/mol. The fourth-order valence-electron chi connectivity index (χ4n) is 1.89. The van der Waals surface area contributed by atoms with Crippen molar-refractivity contribution >= 4 is 21.6 Å². The van der Waals surface area contributed by atoms with E-state index in [1.54, 1.807) is 7.11 Å². The van der Waals surface area contributed by atoms with Crippen LogP contribution in [-0.2, 0) is 6.54 Å². The van der Waals surface area contributed by atoms with Crippen molar-refractivity contribution in [3.63, 3.8) is 0 Å². The zero-order chi connectivity index (χ0) is 15.1. The molecule has 0 saturated carbocycles. The number of anilines is 1. The van der Waals surface area contributed by atoms with Crippen LogP contribution in [0.1, 0.15) is 5.56 Å². The third kappa shape index (κ3) is 4.17. The minimum absolute atomic E-state index is 0.205. The molecule has 0 saturated heterocycles. The van der Waals surface area contributed by atoms with E-state index in [1.807, 2.05) is 42.5 Å². The fraction of sp³-hybridized carbons (Fsp3) is 0.176. The zero-order valence-electron chi connectivity index (χ0n) is 11.7. The maximum atomic E-state index is 5.50. The minimum Gasteiger partial charge on any atom is -0.493 e. The topological polar surface area (TPSA) is 30.5 Å². The Kier molecular flexibility index (Phi) is 5.53. The molecule has 0 heterocycles.